The van der Waals surface area contributed by atoms with Crippen molar-refractivity contribution in [1.29, 1.82) is 5.26 Å². The summed E-state index contributed by atoms with van der Waals surface area (Å²) in [6, 6.07) is 12.1. The minimum Gasteiger partial charge on any atom is -0.478 e. The van der Waals surface area contributed by atoms with Gasteiger partial charge in [0.15, 0.2) is 0 Å². The number of hydrogen-bond acceptors (Lipinski definition) is 4. The lowest BCUT2D eigenvalue weighted by molar-refractivity contribution is 0.0696. The molecule has 18 heavy (non-hydrogen) atoms. The van der Waals surface area contributed by atoms with Gasteiger partial charge < -0.3 is 5.11 Å². The van der Waals surface area contributed by atoms with Gasteiger partial charge in [0.05, 0.1) is 5.56 Å². The Morgan fingerprint density at radius 3 is 2.78 bits per heavy atom. The molecule has 1 N–H and O–H groups in total. The van der Waals surface area contributed by atoms with E-state index in [1.807, 2.05) is 12.1 Å². The molecule has 1 aromatic heterocycles. The van der Waals surface area contributed by atoms with Crippen LogP contribution in [-0.4, -0.2) is 16.1 Å². The molecule has 0 amide bonds. The normalized spacial score (nSPS) is 9.72. The van der Waals surface area contributed by atoms with Crippen LogP contribution in [0.5, 0.6) is 0 Å². The molecule has 0 bridgehead atoms. The molecule has 0 aliphatic heterocycles. The van der Waals surface area contributed by atoms with Crippen LogP contribution in [-0.2, 0) is 0 Å². The molecule has 1 heterocycles. The fourth-order valence-corrected chi connectivity index (χ4v) is 2.27. The number of nitriles is 1. The third-order valence-corrected chi connectivity index (χ3v) is 3.14. The summed E-state index contributed by atoms with van der Waals surface area (Å²) in [6.07, 6.45) is 1.56. The summed E-state index contributed by atoms with van der Waals surface area (Å²) in [4.78, 5) is 16.4. The highest BCUT2D eigenvalue weighted by Gasteiger charge is 2.05. The van der Waals surface area contributed by atoms with E-state index in [1.165, 1.54) is 11.8 Å². The molecule has 88 valence electrons. The van der Waals surface area contributed by atoms with Crippen LogP contribution >= 0.6 is 11.8 Å². The molecular weight excluding hydrogens is 248 g/mol. The van der Waals surface area contributed by atoms with Gasteiger partial charge in [0.25, 0.3) is 0 Å². The van der Waals surface area contributed by atoms with Crippen LogP contribution in [0.2, 0.25) is 0 Å². The van der Waals surface area contributed by atoms with Crippen molar-refractivity contribution in [2.75, 3.05) is 0 Å². The molecule has 0 aliphatic rings. The van der Waals surface area contributed by atoms with Crippen LogP contribution in [0.3, 0.4) is 0 Å². The Labute approximate surface area is 108 Å². The smallest absolute Gasteiger partial charge is 0.335 e. The van der Waals surface area contributed by atoms with E-state index in [0.717, 1.165) is 9.79 Å². The minimum absolute atomic E-state index is 0.245. The summed E-state index contributed by atoms with van der Waals surface area (Å²) in [6.45, 7) is 0. The van der Waals surface area contributed by atoms with Crippen LogP contribution < -0.4 is 0 Å². The number of hydrogen-bond donors (Lipinski definition) is 1. The van der Waals surface area contributed by atoms with Gasteiger partial charge in [-0.05, 0) is 30.3 Å². The summed E-state index contributed by atoms with van der Waals surface area (Å²) in [5, 5.41) is 17.6. The largest absolute Gasteiger partial charge is 0.478 e. The first-order valence-corrected chi connectivity index (χ1v) is 5.88. The number of aromatic nitrogens is 1. The number of carboxylic acid groups (broad SMARTS) is 1. The molecule has 0 radical (unpaired) electrons. The maximum absolute atomic E-state index is 10.8. The molecule has 0 unspecified atom stereocenters. The highest BCUT2D eigenvalue weighted by molar-refractivity contribution is 7.99. The van der Waals surface area contributed by atoms with E-state index in [0.29, 0.717) is 5.69 Å². The van der Waals surface area contributed by atoms with Crippen molar-refractivity contribution in [1.82, 2.24) is 4.98 Å². The van der Waals surface area contributed by atoms with Gasteiger partial charge in [0.2, 0.25) is 0 Å². The molecule has 2 aromatic rings. The van der Waals surface area contributed by atoms with Gasteiger partial charge in [0.1, 0.15) is 11.8 Å². The second-order valence-electron chi connectivity index (χ2n) is 3.42. The molecular formula is C13H8N2O2S. The Morgan fingerprint density at radius 1 is 1.28 bits per heavy atom. The number of benzene rings is 1. The van der Waals surface area contributed by atoms with Crippen molar-refractivity contribution in [2.45, 2.75) is 9.79 Å². The van der Waals surface area contributed by atoms with Gasteiger partial charge >= 0.3 is 5.97 Å². The molecule has 0 fully saturated rings. The van der Waals surface area contributed by atoms with E-state index in [-0.39, 0.29) is 5.56 Å². The Bertz CT molecular complexity index is 635. The third kappa shape index (κ3) is 2.87. The van der Waals surface area contributed by atoms with E-state index >= 15 is 0 Å². The van der Waals surface area contributed by atoms with Crippen LogP contribution in [0.1, 0.15) is 16.1 Å². The average Bonchev–Trinajstić information content (AvgIpc) is 2.39. The summed E-state index contributed by atoms with van der Waals surface area (Å²) < 4.78 is 0. The average molecular weight is 256 g/mol. The van der Waals surface area contributed by atoms with Crippen molar-refractivity contribution < 1.29 is 9.90 Å². The maximum atomic E-state index is 10.8. The first-order chi connectivity index (χ1) is 8.69. The molecule has 0 atom stereocenters. The van der Waals surface area contributed by atoms with Crippen LogP contribution in [0.4, 0.5) is 0 Å². The molecule has 4 nitrogen and oxygen atoms in total. The Hall–Kier alpha value is -2.32. The van der Waals surface area contributed by atoms with E-state index < -0.39 is 5.97 Å². The zero-order valence-electron chi connectivity index (χ0n) is 9.20. The van der Waals surface area contributed by atoms with Gasteiger partial charge in [-0.15, -0.1) is 0 Å². The first-order valence-electron chi connectivity index (χ1n) is 5.06. The van der Waals surface area contributed by atoms with Crippen molar-refractivity contribution in [3.8, 4) is 6.07 Å². The number of nitrogens with zero attached hydrogens (tertiary/aromatic N) is 2. The zero-order chi connectivity index (χ0) is 13.0. The number of carboxylic acids is 1. The predicted octanol–water partition coefficient (Wildman–Crippen LogP) is 2.80. The third-order valence-electron chi connectivity index (χ3n) is 2.16. The Balaban J connectivity index is 2.26. The number of carbonyl (C=O) groups is 1. The van der Waals surface area contributed by atoms with Crippen molar-refractivity contribution in [3.63, 3.8) is 0 Å². The second kappa shape index (κ2) is 5.34. The summed E-state index contributed by atoms with van der Waals surface area (Å²) in [5.41, 5.74) is 0.587. The fourth-order valence-electron chi connectivity index (χ4n) is 1.36. The lowest BCUT2D eigenvalue weighted by Gasteiger charge is -2.02. The van der Waals surface area contributed by atoms with E-state index in [9.17, 15) is 4.79 Å². The van der Waals surface area contributed by atoms with E-state index in [1.54, 1.807) is 36.5 Å². The lowest BCUT2D eigenvalue weighted by atomic mass is 10.2. The molecule has 0 spiro atoms. The van der Waals surface area contributed by atoms with Crippen LogP contribution in [0, 0.1) is 11.3 Å². The Kier molecular flexibility index (Phi) is 3.60. The number of rotatable bonds is 3. The van der Waals surface area contributed by atoms with Gasteiger partial charge in [0, 0.05) is 16.0 Å². The molecule has 0 saturated carbocycles. The zero-order valence-corrected chi connectivity index (χ0v) is 10.0. The first kappa shape index (κ1) is 12.1. The van der Waals surface area contributed by atoms with Crippen LogP contribution in [0.25, 0.3) is 0 Å². The predicted molar refractivity (Wildman–Crippen MR) is 66.5 cm³/mol. The molecule has 0 saturated heterocycles. The lowest BCUT2D eigenvalue weighted by Crippen LogP contribution is -1.95. The number of pyridine rings is 1. The SMILES string of the molecule is N#Cc1cc(Sc2cccc(C(=O)O)c2)ccn1. The minimum atomic E-state index is -0.954. The molecule has 5 heteroatoms. The van der Waals surface area contributed by atoms with Gasteiger partial charge in [-0.2, -0.15) is 5.26 Å². The summed E-state index contributed by atoms with van der Waals surface area (Å²) in [7, 11) is 0. The number of aromatic carboxylic acids is 1. The van der Waals surface area contributed by atoms with Gasteiger partial charge in [-0.3, -0.25) is 0 Å². The standard InChI is InChI=1S/C13H8N2O2S/c14-8-10-7-12(4-5-15-10)18-11-3-1-2-9(6-11)13(16)17/h1-7H,(H,16,17). The van der Waals surface area contributed by atoms with E-state index in [2.05, 4.69) is 4.98 Å². The fraction of sp³-hybridized carbons (Fsp3) is 0. The maximum Gasteiger partial charge on any atom is 0.335 e. The highest BCUT2D eigenvalue weighted by atomic mass is 32.2. The van der Waals surface area contributed by atoms with E-state index in [4.69, 9.17) is 10.4 Å². The quantitative estimate of drug-likeness (QED) is 0.914. The van der Waals surface area contributed by atoms with Gasteiger partial charge in [-0.25, -0.2) is 9.78 Å². The second-order valence-corrected chi connectivity index (χ2v) is 4.57. The topological polar surface area (TPSA) is 74.0 Å². The molecule has 2 rings (SSSR count). The summed E-state index contributed by atoms with van der Waals surface area (Å²) >= 11 is 1.39. The monoisotopic (exact) mass is 256 g/mol. The molecule has 0 aliphatic carbocycles. The van der Waals surface area contributed by atoms with Crippen molar-refractivity contribution >= 4 is 17.7 Å². The van der Waals surface area contributed by atoms with Gasteiger partial charge in [-0.1, -0.05) is 17.8 Å². The highest BCUT2D eigenvalue weighted by Crippen LogP contribution is 2.28. The molecule has 1 aromatic carbocycles. The Morgan fingerprint density at radius 2 is 2.06 bits per heavy atom. The van der Waals surface area contributed by atoms with Crippen molar-refractivity contribution in [2.24, 2.45) is 0 Å². The summed E-state index contributed by atoms with van der Waals surface area (Å²) in [5.74, 6) is -0.954. The van der Waals surface area contributed by atoms with Crippen molar-refractivity contribution in [3.05, 3.63) is 53.9 Å². The van der Waals surface area contributed by atoms with Crippen LogP contribution in [0.15, 0.2) is 52.4 Å².